The SMILES string of the molecule is CCc1ncc(S(=O)(=O)NCc2ccc(CBr)cc2)[nH]1. The van der Waals surface area contributed by atoms with E-state index >= 15 is 0 Å². The van der Waals surface area contributed by atoms with Gasteiger partial charge in [0.05, 0.1) is 6.20 Å². The van der Waals surface area contributed by atoms with Crippen LogP contribution < -0.4 is 4.72 Å². The summed E-state index contributed by atoms with van der Waals surface area (Å²) in [6, 6.07) is 7.74. The molecular formula is C13H16BrN3O2S. The number of hydrogen-bond donors (Lipinski definition) is 2. The summed E-state index contributed by atoms with van der Waals surface area (Å²) in [5.41, 5.74) is 2.06. The molecule has 0 fully saturated rings. The number of H-pyrrole nitrogens is 1. The van der Waals surface area contributed by atoms with Gasteiger partial charge in [0.25, 0.3) is 10.0 Å². The smallest absolute Gasteiger partial charge is 0.257 e. The van der Waals surface area contributed by atoms with Crippen LogP contribution in [0.2, 0.25) is 0 Å². The van der Waals surface area contributed by atoms with Crippen molar-refractivity contribution < 1.29 is 8.42 Å². The van der Waals surface area contributed by atoms with Gasteiger partial charge in [-0.05, 0) is 11.1 Å². The zero-order valence-electron chi connectivity index (χ0n) is 11.1. The van der Waals surface area contributed by atoms with Crippen molar-refractivity contribution in [1.29, 1.82) is 0 Å². The highest BCUT2D eigenvalue weighted by molar-refractivity contribution is 9.08. The van der Waals surface area contributed by atoms with Crippen molar-refractivity contribution in [2.75, 3.05) is 0 Å². The fraction of sp³-hybridized carbons (Fsp3) is 0.308. The number of rotatable bonds is 6. The van der Waals surface area contributed by atoms with Crippen LogP contribution in [0.5, 0.6) is 0 Å². The molecule has 0 bridgehead atoms. The Hall–Kier alpha value is -1.18. The normalized spacial score (nSPS) is 11.7. The van der Waals surface area contributed by atoms with Gasteiger partial charge in [0, 0.05) is 18.3 Å². The Morgan fingerprint density at radius 2 is 1.90 bits per heavy atom. The quantitative estimate of drug-likeness (QED) is 0.779. The van der Waals surface area contributed by atoms with E-state index in [2.05, 4.69) is 30.6 Å². The van der Waals surface area contributed by atoms with Gasteiger partial charge in [-0.2, -0.15) is 0 Å². The zero-order valence-corrected chi connectivity index (χ0v) is 13.5. The van der Waals surface area contributed by atoms with E-state index in [1.807, 2.05) is 31.2 Å². The van der Waals surface area contributed by atoms with Crippen LogP contribution >= 0.6 is 15.9 Å². The van der Waals surface area contributed by atoms with Crippen LogP contribution in [0.3, 0.4) is 0 Å². The molecular weight excluding hydrogens is 342 g/mol. The largest absolute Gasteiger partial charge is 0.332 e. The first-order chi connectivity index (χ1) is 9.55. The van der Waals surface area contributed by atoms with E-state index in [4.69, 9.17) is 0 Å². The molecule has 0 radical (unpaired) electrons. The fourth-order valence-electron chi connectivity index (χ4n) is 1.66. The van der Waals surface area contributed by atoms with Crippen molar-refractivity contribution in [3.63, 3.8) is 0 Å². The molecule has 7 heteroatoms. The van der Waals surface area contributed by atoms with E-state index in [0.717, 1.165) is 16.5 Å². The number of aromatic nitrogens is 2. The highest BCUT2D eigenvalue weighted by Gasteiger charge is 2.16. The Morgan fingerprint density at radius 3 is 2.45 bits per heavy atom. The topological polar surface area (TPSA) is 74.8 Å². The second kappa shape index (κ2) is 6.51. The molecule has 20 heavy (non-hydrogen) atoms. The summed E-state index contributed by atoms with van der Waals surface area (Å²) in [5, 5.41) is 0.888. The van der Waals surface area contributed by atoms with Gasteiger partial charge < -0.3 is 4.98 Å². The Kier molecular flexibility index (Phi) is 4.95. The van der Waals surface area contributed by atoms with Gasteiger partial charge in [-0.15, -0.1) is 0 Å². The van der Waals surface area contributed by atoms with Crippen LogP contribution in [-0.2, 0) is 28.3 Å². The minimum atomic E-state index is -3.54. The molecule has 0 unspecified atom stereocenters. The zero-order chi connectivity index (χ0) is 14.6. The van der Waals surface area contributed by atoms with Crippen molar-refractivity contribution >= 4 is 26.0 Å². The first kappa shape index (κ1) is 15.2. The lowest BCUT2D eigenvalue weighted by Crippen LogP contribution is -2.23. The standard InChI is InChI=1S/C13H16BrN3O2S/c1-2-12-15-9-13(17-12)20(18,19)16-8-11-5-3-10(7-14)4-6-11/h3-6,9,16H,2,7-8H2,1H3,(H,15,17). The Balaban J connectivity index is 2.04. The average molecular weight is 358 g/mol. The van der Waals surface area contributed by atoms with Gasteiger partial charge in [0.15, 0.2) is 5.03 Å². The molecule has 2 N–H and O–H groups in total. The van der Waals surface area contributed by atoms with Crippen LogP contribution in [0.15, 0.2) is 35.5 Å². The van der Waals surface area contributed by atoms with Crippen molar-refractivity contribution in [3.8, 4) is 0 Å². The van der Waals surface area contributed by atoms with E-state index in [0.29, 0.717) is 12.2 Å². The van der Waals surface area contributed by atoms with Crippen LogP contribution in [0.4, 0.5) is 0 Å². The molecule has 0 saturated heterocycles. The van der Waals surface area contributed by atoms with Gasteiger partial charge in [0.1, 0.15) is 5.82 Å². The maximum absolute atomic E-state index is 12.1. The van der Waals surface area contributed by atoms with Gasteiger partial charge >= 0.3 is 0 Å². The summed E-state index contributed by atoms with van der Waals surface area (Å²) in [6.45, 7) is 2.17. The van der Waals surface area contributed by atoms with E-state index in [1.165, 1.54) is 6.20 Å². The summed E-state index contributed by atoms with van der Waals surface area (Å²) < 4.78 is 26.7. The van der Waals surface area contributed by atoms with Crippen LogP contribution in [0, 0.1) is 0 Å². The third kappa shape index (κ3) is 3.68. The molecule has 0 aliphatic heterocycles. The predicted molar refractivity (Wildman–Crippen MR) is 81.1 cm³/mol. The molecule has 2 aromatic rings. The number of aromatic amines is 1. The minimum Gasteiger partial charge on any atom is -0.332 e. The number of imidazole rings is 1. The van der Waals surface area contributed by atoms with Gasteiger partial charge in [-0.25, -0.2) is 18.1 Å². The average Bonchev–Trinajstić information content (AvgIpc) is 2.95. The monoisotopic (exact) mass is 357 g/mol. The molecule has 0 aliphatic carbocycles. The third-order valence-electron chi connectivity index (χ3n) is 2.87. The molecule has 1 aromatic heterocycles. The number of aryl methyl sites for hydroxylation is 1. The summed E-state index contributed by atoms with van der Waals surface area (Å²) in [7, 11) is -3.54. The molecule has 0 spiro atoms. The maximum atomic E-state index is 12.1. The minimum absolute atomic E-state index is 0.103. The number of sulfonamides is 1. The Morgan fingerprint density at radius 1 is 1.25 bits per heavy atom. The molecule has 0 saturated carbocycles. The lowest BCUT2D eigenvalue weighted by atomic mass is 10.2. The summed E-state index contributed by atoms with van der Waals surface area (Å²) in [6.07, 6.45) is 2.01. The number of halogens is 1. The van der Waals surface area contributed by atoms with E-state index in [-0.39, 0.29) is 11.6 Å². The molecule has 2 rings (SSSR count). The number of alkyl halides is 1. The first-order valence-electron chi connectivity index (χ1n) is 6.22. The van der Waals surface area contributed by atoms with Crippen molar-refractivity contribution in [2.24, 2.45) is 0 Å². The number of nitrogens with zero attached hydrogens (tertiary/aromatic N) is 1. The van der Waals surface area contributed by atoms with E-state index in [9.17, 15) is 8.42 Å². The van der Waals surface area contributed by atoms with Gasteiger partial charge in [0.2, 0.25) is 0 Å². The molecule has 5 nitrogen and oxygen atoms in total. The molecule has 0 aliphatic rings. The highest BCUT2D eigenvalue weighted by atomic mass is 79.9. The van der Waals surface area contributed by atoms with E-state index < -0.39 is 10.0 Å². The third-order valence-corrected chi connectivity index (χ3v) is 4.83. The van der Waals surface area contributed by atoms with Crippen LogP contribution in [0.1, 0.15) is 23.9 Å². The molecule has 108 valence electrons. The maximum Gasteiger partial charge on any atom is 0.257 e. The van der Waals surface area contributed by atoms with Gasteiger partial charge in [-0.1, -0.05) is 47.1 Å². The van der Waals surface area contributed by atoms with Crippen molar-refractivity contribution in [3.05, 3.63) is 47.4 Å². The first-order valence-corrected chi connectivity index (χ1v) is 8.83. The van der Waals surface area contributed by atoms with Crippen molar-refractivity contribution in [2.45, 2.75) is 30.2 Å². The number of nitrogens with one attached hydrogen (secondary N) is 2. The fourth-order valence-corrected chi connectivity index (χ4v) is 2.99. The predicted octanol–water partition coefficient (Wildman–Crippen LogP) is 2.35. The van der Waals surface area contributed by atoms with Crippen LogP contribution in [0.25, 0.3) is 0 Å². The Labute approximate surface area is 127 Å². The summed E-state index contributed by atoms with van der Waals surface area (Å²) in [4.78, 5) is 6.79. The lowest BCUT2D eigenvalue weighted by molar-refractivity contribution is 0.578. The Bertz CT molecular complexity index is 665. The molecule has 0 amide bonds. The molecule has 1 heterocycles. The summed E-state index contributed by atoms with van der Waals surface area (Å²) >= 11 is 3.37. The highest BCUT2D eigenvalue weighted by Crippen LogP contribution is 2.10. The summed E-state index contributed by atoms with van der Waals surface area (Å²) in [5.74, 6) is 0.659. The van der Waals surface area contributed by atoms with E-state index in [1.54, 1.807) is 0 Å². The number of benzene rings is 1. The van der Waals surface area contributed by atoms with Gasteiger partial charge in [-0.3, -0.25) is 0 Å². The lowest BCUT2D eigenvalue weighted by Gasteiger charge is -2.05. The second-order valence-electron chi connectivity index (χ2n) is 4.32. The van der Waals surface area contributed by atoms with Crippen LogP contribution in [-0.4, -0.2) is 18.4 Å². The second-order valence-corrected chi connectivity index (χ2v) is 6.62. The molecule has 1 aromatic carbocycles. The van der Waals surface area contributed by atoms with Crippen molar-refractivity contribution in [1.82, 2.24) is 14.7 Å². The molecule has 0 atom stereocenters. The number of hydrogen-bond acceptors (Lipinski definition) is 3.